The van der Waals surface area contributed by atoms with Crippen molar-refractivity contribution in [2.45, 2.75) is 46.5 Å². The van der Waals surface area contributed by atoms with Gasteiger partial charge >= 0.3 is 11.9 Å². The molecule has 0 saturated carbocycles. The summed E-state index contributed by atoms with van der Waals surface area (Å²) in [5.41, 5.74) is 9.02. The van der Waals surface area contributed by atoms with Crippen molar-refractivity contribution in [3.8, 4) is 16.9 Å². The molecule has 0 aromatic heterocycles. The van der Waals surface area contributed by atoms with Crippen LogP contribution in [0.15, 0.2) is 64.8 Å². The molecule has 0 bridgehead atoms. The van der Waals surface area contributed by atoms with Gasteiger partial charge in [0, 0.05) is 5.56 Å². The minimum Gasteiger partial charge on any atom is -0.505 e. The summed E-state index contributed by atoms with van der Waals surface area (Å²) in [6.45, 7) is 8.04. The highest BCUT2D eigenvalue weighted by atomic mass is 16.4. The lowest BCUT2D eigenvalue weighted by Gasteiger charge is -2.17. The summed E-state index contributed by atoms with van der Waals surface area (Å²) in [4.78, 5) is 24.7. The number of aromatic carboxylic acids is 1. The van der Waals surface area contributed by atoms with Gasteiger partial charge in [-0.3, -0.25) is 10.2 Å². The molecule has 0 saturated heterocycles. The lowest BCUT2D eigenvalue weighted by molar-refractivity contribution is -0.112. The lowest BCUT2D eigenvalue weighted by atomic mass is 9.91. The lowest BCUT2D eigenvalue weighted by Crippen LogP contribution is -2.28. The molecule has 1 heterocycles. The largest absolute Gasteiger partial charge is 0.505 e. The molecule has 3 aromatic rings. The summed E-state index contributed by atoms with van der Waals surface area (Å²) < 4.78 is 0. The molecule has 3 N–H and O–H groups in total. The van der Waals surface area contributed by atoms with Crippen molar-refractivity contribution >= 4 is 34.7 Å². The monoisotopic (exact) mass is 510 g/mol. The van der Waals surface area contributed by atoms with Gasteiger partial charge in [-0.05, 0) is 97.2 Å². The first-order valence-electron chi connectivity index (χ1n) is 12.7. The number of phenolic OH excluding ortho intramolecular Hbond substituents is 1. The first-order chi connectivity index (χ1) is 18.2. The third-order valence-electron chi connectivity index (χ3n) is 7.39. The number of anilines is 2. The van der Waals surface area contributed by atoms with Crippen molar-refractivity contribution in [2.75, 3.05) is 10.4 Å². The van der Waals surface area contributed by atoms with Gasteiger partial charge in [0.2, 0.25) is 0 Å². The van der Waals surface area contributed by atoms with Crippen LogP contribution >= 0.6 is 0 Å². The maximum atomic E-state index is 13.3. The van der Waals surface area contributed by atoms with Crippen molar-refractivity contribution in [3.05, 3.63) is 76.9 Å². The maximum absolute atomic E-state index is 13.3. The number of hydrazone groups is 2. The van der Waals surface area contributed by atoms with E-state index < -0.39 is 5.97 Å². The summed E-state index contributed by atoms with van der Waals surface area (Å²) in [5, 5.41) is 30.5. The van der Waals surface area contributed by atoms with Gasteiger partial charge in [-0.25, -0.2) is 4.79 Å². The minimum atomic E-state index is -1.05. The Morgan fingerprint density at radius 1 is 1.16 bits per heavy atom. The number of carboxylic acid groups (broad SMARTS) is 1. The Bertz CT molecular complexity index is 1520. The first kappa shape index (κ1) is 25.2. The zero-order valence-corrected chi connectivity index (χ0v) is 21.8. The van der Waals surface area contributed by atoms with Gasteiger partial charge in [-0.15, -0.1) is 0 Å². The van der Waals surface area contributed by atoms with Gasteiger partial charge in [-0.1, -0.05) is 32.0 Å². The Morgan fingerprint density at radius 2 is 1.95 bits per heavy atom. The van der Waals surface area contributed by atoms with E-state index in [1.54, 1.807) is 31.2 Å². The molecule has 2 unspecified atom stereocenters. The molecule has 38 heavy (non-hydrogen) atoms. The summed E-state index contributed by atoms with van der Waals surface area (Å²) in [6.07, 6.45) is 2.09. The molecule has 8 heteroatoms. The van der Waals surface area contributed by atoms with E-state index in [4.69, 9.17) is 0 Å². The number of aromatic hydroxyl groups is 1. The van der Waals surface area contributed by atoms with Crippen LogP contribution in [0, 0.1) is 12.8 Å². The highest BCUT2D eigenvalue weighted by molar-refractivity contribution is 6.71. The van der Waals surface area contributed by atoms with Crippen LogP contribution < -0.4 is 10.4 Å². The third-order valence-corrected chi connectivity index (χ3v) is 7.39. The van der Waals surface area contributed by atoms with E-state index in [-0.39, 0.29) is 22.9 Å². The average Bonchev–Trinajstić information content (AvgIpc) is 3.37. The number of carboxylic acids is 1. The fraction of sp³-hybridized carbons (Fsp3) is 0.267. The minimum absolute atomic E-state index is 0.0993. The number of nitrogens with one attached hydrogen (secondary N) is 1. The second-order valence-corrected chi connectivity index (χ2v) is 10.0. The number of phenols is 1. The van der Waals surface area contributed by atoms with Crippen molar-refractivity contribution < 1.29 is 19.8 Å². The Hall–Kier alpha value is -4.46. The van der Waals surface area contributed by atoms with Gasteiger partial charge in [0.15, 0.2) is 5.71 Å². The number of aryl methyl sites for hydroxylation is 1. The summed E-state index contributed by atoms with van der Waals surface area (Å²) in [7, 11) is 0. The second kappa shape index (κ2) is 9.78. The number of hydrogen-bond donors (Lipinski definition) is 3. The van der Waals surface area contributed by atoms with E-state index in [9.17, 15) is 19.8 Å². The van der Waals surface area contributed by atoms with E-state index >= 15 is 0 Å². The first-order valence-corrected chi connectivity index (χ1v) is 12.7. The van der Waals surface area contributed by atoms with Crippen LogP contribution in [0.4, 0.5) is 11.4 Å². The molecule has 3 aromatic carbocycles. The zero-order chi connectivity index (χ0) is 27.1. The maximum Gasteiger partial charge on any atom is 0.335 e. The average molecular weight is 511 g/mol. The molecule has 0 radical (unpaired) electrons. The number of amides is 1. The number of hydrogen-bond acceptors (Lipinski definition) is 6. The van der Waals surface area contributed by atoms with Gasteiger partial charge in [-0.2, -0.15) is 15.2 Å². The highest BCUT2D eigenvalue weighted by Gasteiger charge is 2.33. The van der Waals surface area contributed by atoms with Crippen LogP contribution in [0.1, 0.15) is 60.2 Å². The highest BCUT2D eigenvalue weighted by Crippen LogP contribution is 2.42. The van der Waals surface area contributed by atoms with Gasteiger partial charge in [0.1, 0.15) is 5.75 Å². The van der Waals surface area contributed by atoms with E-state index in [2.05, 4.69) is 41.6 Å². The summed E-state index contributed by atoms with van der Waals surface area (Å²) in [5.74, 6) is -0.457. The quantitative estimate of drug-likeness (QED) is 0.280. The molecule has 2 aliphatic rings. The molecule has 194 valence electrons. The van der Waals surface area contributed by atoms with Crippen molar-refractivity contribution in [3.63, 3.8) is 0 Å². The fourth-order valence-corrected chi connectivity index (χ4v) is 5.48. The number of benzene rings is 3. The smallest absolute Gasteiger partial charge is 0.335 e. The van der Waals surface area contributed by atoms with Gasteiger partial charge in [0.25, 0.3) is 0 Å². The molecule has 2 atom stereocenters. The van der Waals surface area contributed by atoms with Gasteiger partial charge in [0.05, 0.1) is 22.6 Å². The predicted octanol–water partition coefficient (Wildman–Crippen LogP) is 5.94. The topological polar surface area (TPSA) is 115 Å². The number of nitrogens with zero attached hydrogens (tertiary/aromatic N) is 3. The van der Waals surface area contributed by atoms with Crippen molar-refractivity contribution in [1.82, 2.24) is 0 Å². The Kier molecular flexibility index (Phi) is 6.48. The zero-order valence-electron chi connectivity index (χ0n) is 21.8. The molecule has 0 spiro atoms. The molecule has 1 aliphatic carbocycles. The molecule has 1 amide bonds. The van der Waals surface area contributed by atoms with Gasteiger partial charge < -0.3 is 10.2 Å². The van der Waals surface area contributed by atoms with Crippen molar-refractivity contribution in [2.24, 2.45) is 16.1 Å². The van der Waals surface area contributed by atoms with E-state index in [0.717, 1.165) is 18.4 Å². The normalized spacial score (nSPS) is 19.6. The standard InChI is InChI=1S/C30H30N4O4/c1-5-23-17(3)13-20-9-10-22(15-24(20)23)34-29(36)27(18(4)33-34)32-31-26-12-16(2)11-25(28(26)35)19-7-6-8-21(14-19)30(37)38/h6-12,14-15,17,23,31,35H,5,13H2,1-4H3,(H,37,38)/b32-27-. The SMILES string of the molecule is CCC1c2cc(N3N=C(C)/C(=N/Nc4cc(C)cc(-c5cccc(C(=O)O)c5)c4O)C3=O)ccc2CC1C. The fourth-order valence-electron chi connectivity index (χ4n) is 5.48. The number of carbonyl (C=O) groups is 2. The molecule has 0 fully saturated rings. The Morgan fingerprint density at radius 3 is 2.68 bits per heavy atom. The van der Waals surface area contributed by atoms with Crippen LogP contribution in [0.5, 0.6) is 5.75 Å². The van der Waals surface area contributed by atoms with Crippen LogP contribution in [0.3, 0.4) is 0 Å². The van der Waals surface area contributed by atoms with Crippen LogP contribution in [0.25, 0.3) is 11.1 Å². The van der Waals surface area contributed by atoms with Crippen LogP contribution in [-0.2, 0) is 11.2 Å². The third kappa shape index (κ3) is 4.42. The number of rotatable bonds is 6. The molecule has 8 nitrogen and oxygen atoms in total. The van der Waals surface area contributed by atoms with Crippen molar-refractivity contribution in [1.29, 1.82) is 0 Å². The Labute approximate surface area is 221 Å². The predicted molar refractivity (Wildman–Crippen MR) is 149 cm³/mol. The molecular formula is C30H30N4O4. The molecule has 1 aliphatic heterocycles. The number of carbonyl (C=O) groups excluding carboxylic acids is 1. The van der Waals surface area contributed by atoms with E-state index in [1.165, 1.54) is 28.3 Å². The van der Waals surface area contributed by atoms with E-state index in [1.807, 2.05) is 13.0 Å². The summed E-state index contributed by atoms with van der Waals surface area (Å²) >= 11 is 0. The second-order valence-electron chi connectivity index (χ2n) is 10.0. The molecular weight excluding hydrogens is 480 g/mol. The van der Waals surface area contributed by atoms with Crippen LogP contribution in [-0.4, -0.2) is 33.5 Å². The Balaban J connectivity index is 1.42. The molecule has 5 rings (SSSR count). The number of fused-ring (bicyclic) bond motifs is 1. The van der Waals surface area contributed by atoms with Crippen LogP contribution in [0.2, 0.25) is 0 Å². The summed E-state index contributed by atoms with van der Waals surface area (Å²) in [6, 6.07) is 15.9. The van der Waals surface area contributed by atoms with E-state index in [0.29, 0.717) is 40.0 Å².